The van der Waals surface area contributed by atoms with Crippen molar-refractivity contribution in [2.24, 2.45) is 12.1 Å². The second-order valence-electron chi connectivity index (χ2n) is 7.21. The van der Waals surface area contributed by atoms with Gasteiger partial charge >= 0.3 is 0 Å². The number of fused-ring (bicyclic) bond motifs is 1. The van der Waals surface area contributed by atoms with Crippen molar-refractivity contribution in [3.63, 3.8) is 0 Å². The predicted molar refractivity (Wildman–Crippen MR) is 118 cm³/mol. The molecule has 0 atom stereocenters. The minimum Gasteiger partial charge on any atom is -0.288 e. The summed E-state index contributed by atoms with van der Waals surface area (Å²) in [6.07, 6.45) is 1.80. The number of hydrazone groups is 1. The van der Waals surface area contributed by atoms with Crippen molar-refractivity contribution in [3.05, 3.63) is 88.0 Å². The van der Waals surface area contributed by atoms with Crippen LogP contribution in [0.3, 0.4) is 0 Å². The highest BCUT2D eigenvalue weighted by Gasteiger charge is 2.13. The van der Waals surface area contributed by atoms with Crippen LogP contribution in [0.25, 0.3) is 16.6 Å². The van der Waals surface area contributed by atoms with Crippen molar-refractivity contribution < 1.29 is 0 Å². The minimum atomic E-state index is -0.103. The fraction of sp³-hybridized carbons (Fsp3) is 0.174. The molecule has 0 unspecified atom stereocenters. The lowest BCUT2D eigenvalue weighted by Gasteiger charge is -2.08. The molecule has 0 amide bonds. The van der Waals surface area contributed by atoms with Gasteiger partial charge in [-0.15, -0.1) is 0 Å². The van der Waals surface area contributed by atoms with Crippen LogP contribution >= 0.6 is 0 Å². The number of aromatic nitrogens is 3. The van der Waals surface area contributed by atoms with Gasteiger partial charge < -0.3 is 0 Å². The van der Waals surface area contributed by atoms with E-state index in [4.69, 9.17) is 0 Å². The first-order chi connectivity index (χ1) is 13.9. The third-order valence-electron chi connectivity index (χ3n) is 4.88. The van der Waals surface area contributed by atoms with E-state index >= 15 is 0 Å². The second-order valence-corrected chi connectivity index (χ2v) is 7.21. The molecule has 0 radical (unpaired) electrons. The molecule has 0 spiro atoms. The predicted octanol–water partition coefficient (Wildman–Crippen LogP) is 4.18. The molecule has 146 valence electrons. The number of para-hydroxylation sites is 1. The number of nitrogens with one attached hydrogen (secondary N) is 1. The van der Waals surface area contributed by atoms with Crippen LogP contribution in [-0.4, -0.2) is 20.1 Å². The standard InChI is InChI=1S/C23H23N5O/c1-15-10-11-21-19(12-15)22(13-16(2)24-21)26-25-17(3)20-14-27(4)28(23(20)29)18-8-6-5-7-9-18/h5-14H,1-4H3,(H,24,26). The number of hydrogen-bond acceptors (Lipinski definition) is 4. The molecule has 0 saturated heterocycles. The van der Waals surface area contributed by atoms with Gasteiger partial charge in [-0.1, -0.05) is 29.8 Å². The van der Waals surface area contributed by atoms with Crippen molar-refractivity contribution in [1.82, 2.24) is 14.3 Å². The van der Waals surface area contributed by atoms with Crippen molar-refractivity contribution in [2.45, 2.75) is 20.8 Å². The Bertz CT molecular complexity index is 1280. The summed E-state index contributed by atoms with van der Waals surface area (Å²) in [6, 6.07) is 17.7. The van der Waals surface area contributed by atoms with Crippen LogP contribution in [0, 0.1) is 13.8 Å². The molecule has 0 saturated carbocycles. The van der Waals surface area contributed by atoms with E-state index in [9.17, 15) is 4.79 Å². The van der Waals surface area contributed by atoms with Gasteiger partial charge in [-0.25, -0.2) is 4.68 Å². The fourth-order valence-electron chi connectivity index (χ4n) is 3.44. The number of aryl methyl sites for hydroxylation is 3. The summed E-state index contributed by atoms with van der Waals surface area (Å²) in [5, 5.41) is 5.51. The van der Waals surface area contributed by atoms with E-state index in [2.05, 4.69) is 21.6 Å². The van der Waals surface area contributed by atoms with Crippen LogP contribution in [0.15, 0.2) is 70.7 Å². The van der Waals surface area contributed by atoms with Crippen LogP contribution in [0.2, 0.25) is 0 Å². The van der Waals surface area contributed by atoms with Crippen molar-refractivity contribution in [3.8, 4) is 5.69 Å². The lowest BCUT2D eigenvalue weighted by Crippen LogP contribution is -2.22. The topological polar surface area (TPSA) is 64.2 Å². The average Bonchev–Trinajstić information content (AvgIpc) is 3.01. The monoisotopic (exact) mass is 385 g/mol. The molecule has 6 nitrogen and oxygen atoms in total. The maximum atomic E-state index is 13.0. The molecular formula is C23H23N5O. The first kappa shape index (κ1) is 18.7. The first-order valence-corrected chi connectivity index (χ1v) is 9.47. The fourth-order valence-corrected chi connectivity index (χ4v) is 3.44. The van der Waals surface area contributed by atoms with Gasteiger partial charge in [0.2, 0.25) is 0 Å². The summed E-state index contributed by atoms with van der Waals surface area (Å²) in [6.45, 7) is 5.84. The zero-order valence-electron chi connectivity index (χ0n) is 17.0. The SMILES string of the molecule is CC(=NNc1cc(C)nc2ccc(C)cc12)c1cn(C)n(-c2ccccc2)c1=O. The van der Waals surface area contributed by atoms with Gasteiger partial charge in [0.15, 0.2) is 0 Å². The van der Waals surface area contributed by atoms with Crippen molar-refractivity contribution in [1.29, 1.82) is 0 Å². The third-order valence-corrected chi connectivity index (χ3v) is 4.88. The van der Waals surface area contributed by atoms with E-state index in [1.165, 1.54) is 0 Å². The van der Waals surface area contributed by atoms with E-state index in [-0.39, 0.29) is 5.56 Å². The first-order valence-electron chi connectivity index (χ1n) is 9.47. The number of nitrogens with zero attached hydrogens (tertiary/aromatic N) is 4. The number of pyridine rings is 1. The molecule has 0 aliphatic rings. The molecule has 1 N–H and O–H groups in total. The molecular weight excluding hydrogens is 362 g/mol. The number of benzene rings is 2. The molecule has 4 rings (SSSR count). The molecule has 2 aromatic heterocycles. The lowest BCUT2D eigenvalue weighted by atomic mass is 10.1. The summed E-state index contributed by atoms with van der Waals surface area (Å²) in [7, 11) is 1.85. The van der Waals surface area contributed by atoms with E-state index < -0.39 is 0 Å². The smallest absolute Gasteiger partial charge is 0.280 e. The van der Waals surface area contributed by atoms with Gasteiger partial charge in [0, 0.05) is 24.3 Å². The normalized spacial score (nSPS) is 11.8. The number of anilines is 1. The molecule has 0 fully saturated rings. The van der Waals surface area contributed by atoms with E-state index in [1.807, 2.05) is 76.3 Å². The van der Waals surface area contributed by atoms with Gasteiger partial charge in [-0.2, -0.15) is 5.10 Å². The Morgan fingerprint density at radius 2 is 1.83 bits per heavy atom. The van der Waals surface area contributed by atoms with E-state index in [1.54, 1.807) is 15.6 Å². The highest BCUT2D eigenvalue weighted by atomic mass is 16.1. The summed E-state index contributed by atoms with van der Waals surface area (Å²) >= 11 is 0. The van der Waals surface area contributed by atoms with Crippen LogP contribution in [-0.2, 0) is 7.05 Å². The Hall–Kier alpha value is -3.67. The molecule has 4 aromatic rings. The Morgan fingerprint density at radius 3 is 2.59 bits per heavy atom. The van der Waals surface area contributed by atoms with Crippen LogP contribution in [0.5, 0.6) is 0 Å². The molecule has 6 heteroatoms. The van der Waals surface area contributed by atoms with E-state index in [0.29, 0.717) is 11.3 Å². The summed E-state index contributed by atoms with van der Waals surface area (Å²) in [4.78, 5) is 17.6. The third kappa shape index (κ3) is 3.57. The van der Waals surface area contributed by atoms with Gasteiger partial charge in [0.05, 0.1) is 28.2 Å². The highest BCUT2D eigenvalue weighted by molar-refractivity contribution is 5.99. The van der Waals surface area contributed by atoms with Crippen molar-refractivity contribution >= 4 is 22.3 Å². The Balaban J connectivity index is 1.72. The summed E-state index contributed by atoms with van der Waals surface area (Å²) < 4.78 is 3.41. The van der Waals surface area contributed by atoms with E-state index in [0.717, 1.165) is 33.5 Å². The molecule has 2 aromatic carbocycles. The maximum absolute atomic E-state index is 13.0. The van der Waals surface area contributed by atoms with Crippen LogP contribution in [0.4, 0.5) is 5.69 Å². The Morgan fingerprint density at radius 1 is 1.07 bits per heavy atom. The summed E-state index contributed by atoms with van der Waals surface area (Å²) in [5.41, 5.74) is 8.87. The molecule has 0 aliphatic heterocycles. The zero-order valence-corrected chi connectivity index (χ0v) is 17.0. The summed E-state index contributed by atoms with van der Waals surface area (Å²) in [5.74, 6) is 0. The molecule has 0 aliphatic carbocycles. The average molecular weight is 385 g/mol. The molecule has 0 bridgehead atoms. The van der Waals surface area contributed by atoms with Crippen molar-refractivity contribution in [2.75, 3.05) is 5.43 Å². The number of rotatable bonds is 4. The second kappa shape index (κ2) is 7.39. The van der Waals surface area contributed by atoms with Gasteiger partial charge in [0.25, 0.3) is 5.56 Å². The zero-order chi connectivity index (χ0) is 20.5. The Kier molecular flexibility index (Phi) is 4.76. The van der Waals surface area contributed by atoms with Gasteiger partial charge in [0.1, 0.15) is 0 Å². The van der Waals surface area contributed by atoms with Gasteiger partial charge in [-0.05, 0) is 51.1 Å². The molecule has 29 heavy (non-hydrogen) atoms. The minimum absolute atomic E-state index is 0.103. The largest absolute Gasteiger partial charge is 0.288 e. The highest BCUT2D eigenvalue weighted by Crippen LogP contribution is 2.24. The Labute approximate surface area is 169 Å². The van der Waals surface area contributed by atoms with Crippen LogP contribution < -0.4 is 11.0 Å². The van der Waals surface area contributed by atoms with Gasteiger partial charge in [-0.3, -0.25) is 19.9 Å². The van der Waals surface area contributed by atoms with Crippen LogP contribution in [0.1, 0.15) is 23.7 Å². The number of hydrogen-bond donors (Lipinski definition) is 1. The maximum Gasteiger partial charge on any atom is 0.280 e. The molecule has 2 heterocycles. The quantitative estimate of drug-likeness (QED) is 0.423. The lowest BCUT2D eigenvalue weighted by molar-refractivity contribution is 0.646.